The number of halogens is 1. The number of amides is 4. The van der Waals surface area contributed by atoms with Crippen molar-refractivity contribution in [2.24, 2.45) is 0 Å². The largest absolute Gasteiger partial charge is 0.443 e. The van der Waals surface area contributed by atoms with E-state index < -0.39 is 47.0 Å². The molecule has 0 fully saturated rings. The van der Waals surface area contributed by atoms with E-state index in [0.29, 0.717) is 33.1 Å². The average Bonchev–Trinajstić information content (AvgIpc) is 3.56. The van der Waals surface area contributed by atoms with Gasteiger partial charge in [-0.15, -0.1) is 0 Å². The van der Waals surface area contributed by atoms with Gasteiger partial charge in [-0.25, -0.2) is 9.59 Å². The van der Waals surface area contributed by atoms with Gasteiger partial charge in [-0.1, -0.05) is 22.0 Å². The lowest BCUT2D eigenvalue weighted by Gasteiger charge is -2.19. The molecular weight excluding hydrogens is 704 g/mol. The van der Waals surface area contributed by atoms with Crippen molar-refractivity contribution >= 4 is 84.9 Å². The highest BCUT2D eigenvalue weighted by Gasteiger charge is 2.24. The first-order chi connectivity index (χ1) is 22.8. The molecule has 0 saturated heterocycles. The topological polar surface area (TPSA) is 199 Å². The smallest absolute Gasteiger partial charge is 0.419 e. The molecule has 0 bridgehead atoms. The molecule has 2 heterocycles. The molecule has 4 aromatic rings. The molecule has 15 nitrogen and oxygen atoms in total. The fourth-order valence-corrected chi connectivity index (χ4v) is 4.65. The summed E-state index contributed by atoms with van der Waals surface area (Å²) in [6.07, 6.45) is 1.64. The van der Waals surface area contributed by atoms with Gasteiger partial charge in [-0.2, -0.15) is 0 Å². The van der Waals surface area contributed by atoms with Crippen LogP contribution in [-0.4, -0.2) is 75.4 Å². The quantitative estimate of drug-likeness (QED) is 0.188. The van der Waals surface area contributed by atoms with E-state index in [4.69, 9.17) is 9.47 Å². The van der Waals surface area contributed by atoms with Gasteiger partial charge in [0.15, 0.2) is 0 Å². The van der Waals surface area contributed by atoms with Crippen molar-refractivity contribution in [3.63, 3.8) is 0 Å². The maximum absolute atomic E-state index is 12.4. The predicted molar refractivity (Wildman–Crippen MR) is 186 cm³/mol. The third-order valence-electron chi connectivity index (χ3n) is 6.36. The van der Waals surface area contributed by atoms with Gasteiger partial charge < -0.3 is 35.8 Å². The van der Waals surface area contributed by atoms with Gasteiger partial charge in [0.1, 0.15) is 11.2 Å². The van der Waals surface area contributed by atoms with Crippen molar-refractivity contribution in [3.05, 3.63) is 58.8 Å². The van der Waals surface area contributed by atoms with Crippen molar-refractivity contribution in [2.45, 2.75) is 59.4 Å². The zero-order valence-electron chi connectivity index (χ0n) is 28.3. The summed E-state index contributed by atoms with van der Waals surface area (Å²) in [7, 11) is 2.71. The van der Waals surface area contributed by atoms with Crippen molar-refractivity contribution in [1.82, 2.24) is 19.8 Å². The van der Waals surface area contributed by atoms with E-state index in [-0.39, 0.29) is 12.3 Å². The molecule has 0 radical (unpaired) electrons. The van der Waals surface area contributed by atoms with Crippen LogP contribution in [0.5, 0.6) is 0 Å². The van der Waals surface area contributed by atoms with E-state index in [1.165, 1.54) is 35.6 Å². The van der Waals surface area contributed by atoms with Crippen molar-refractivity contribution < 1.29 is 43.3 Å². The second-order valence-corrected chi connectivity index (χ2v) is 13.4. The third-order valence-corrected chi connectivity index (χ3v) is 6.85. The second-order valence-electron chi connectivity index (χ2n) is 12.5. The molecular formula is C33H39BrN6O9. The van der Waals surface area contributed by atoms with Gasteiger partial charge in [-0.05, 0) is 77.4 Å². The molecule has 0 saturated carbocycles. The molecule has 4 rings (SSSR count). The van der Waals surface area contributed by atoms with Crippen LogP contribution in [0.3, 0.4) is 0 Å². The maximum Gasteiger partial charge on any atom is 0.419 e. The number of fused-ring (bicyclic) bond motifs is 2. The van der Waals surface area contributed by atoms with E-state index >= 15 is 0 Å². The molecule has 0 spiro atoms. The fourth-order valence-electron chi connectivity index (χ4n) is 4.29. The SMILES string of the molecule is CNC(=O)C(=O)Nc1cn(C(=O)OC(C)(C)C)c2ccc(Br)cc12.CNC(=O)C(=O)Nc1cn(C(=O)OC(C)(C)C)c2ccc(CO)cc12. The highest BCUT2D eigenvalue weighted by Crippen LogP contribution is 2.30. The molecule has 262 valence electrons. The van der Waals surface area contributed by atoms with Crippen LogP contribution in [0.4, 0.5) is 21.0 Å². The number of carbonyl (C=O) groups is 6. The molecule has 0 aliphatic carbocycles. The van der Waals surface area contributed by atoms with Crippen LogP contribution in [0.2, 0.25) is 0 Å². The summed E-state index contributed by atoms with van der Waals surface area (Å²) in [5.74, 6) is -3.26. The van der Waals surface area contributed by atoms with Crippen LogP contribution in [0, 0.1) is 0 Å². The molecule has 4 amide bonds. The lowest BCUT2D eigenvalue weighted by molar-refractivity contribution is -0.135. The first-order valence-electron chi connectivity index (χ1n) is 14.9. The standard InChI is InChI=1S/C17H21N3O5.C16H18BrN3O4/c1-17(2,3)25-16(24)20-8-12(19-15(23)14(22)18-4)11-7-10(9-21)5-6-13(11)20;1-16(2,3)24-15(23)20-8-11(19-14(22)13(21)18-4)10-7-9(17)5-6-12(10)20/h5-8,21H,9H2,1-4H3,(H,18,22)(H,19,23);5-8H,1-4H3,(H,18,21)(H,19,22). The number of carbonyl (C=O) groups excluding carboxylic acids is 6. The highest BCUT2D eigenvalue weighted by atomic mass is 79.9. The number of nitrogens with one attached hydrogen (secondary N) is 4. The summed E-state index contributed by atoms with van der Waals surface area (Å²) in [4.78, 5) is 71.3. The summed E-state index contributed by atoms with van der Waals surface area (Å²) in [5, 5.41) is 19.9. The zero-order valence-corrected chi connectivity index (χ0v) is 29.9. The van der Waals surface area contributed by atoms with E-state index in [1.54, 1.807) is 77.9 Å². The summed E-state index contributed by atoms with van der Waals surface area (Å²) >= 11 is 3.35. The predicted octanol–water partition coefficient (Wildman–Crippen LogP) is 4.47. The number of rotatable bonds is 3. The number of aliphatic hydroxyl groups excluding tert-OH is 1. The number of ether oxygens (including phenoxy) is 2. The molecule has 2 aromatic heterocycles. The van der Waals surface area contributed by atoms with Crippen LogP contribution in [0.15, 0.2) is 53.3 Å². The van der Waals surface area contributed by atoms with Crippen LogP contribution < -0.4 is 21.3 Å². The van der Waals surface area contributed by atoms with E-state index in [9.17, 15) is 33.9 Å². The number of aliphatic hydroxyl groups is 1. The zero-order chi connectivity index (χ0) is 36.8. The Hall–Kier alpha value is -5.22. The number of anilines is 2. The summed E-state index contributed by atoms with van der Waals surface area (Å²) in [6, 6.07) is 10.2. The van der Waals surface area contributed by atoms with Gasteiger partial charge in [-0.3, -0.25) is 28.3 Å². The summed E-state index contributed by atoms with van der Waals surface area (Å²) in [6.45, 7) is 10.3. The Kier molecular flexibility index (Phi) is 12.0. The lowest BCUT2D eigenvalue weighted by atomic mass is 10.1. The Morgan fingerprint density at radius 2 is 1.08 bits per heavy atom. The minimum atomic E-state index is -0.861. The number of hydrogen-bond donors (Lipinski definition) is 5. The fraction of sp³-hybridized carbons (Fsp3) is 0.333. The minimum absolute atomic E-state index is 0.198. The monoisotopic (exact) mass is 742 g/mol. The third kappa shape index (κ3) is 9.90. The second kappa shape index (κ2) is 15.3. The summed E-state index contributed by atoms with van der Waals surface area (Å²) < 4.78 is 14.0. The van der Waals surface area contributed by atoms with Crippen LogP contribution in [0.25, 0.3) is 21.8 Å². The van der Waals surface area contributed by atoms with Crippen molar-refractivity contribution in [2.75, 3.05) is 24.7 Å². The van der Waals surface area contributed by atoms with Crippen molar-refractivity contribution in [1.29, 1.82) is 0 Å². The first kappa shape index (κ1) is 38.2. The average molecular weight is 744 g/mol. The van der Waals surface area contributed by atoms with Crippen LogP contribution in [0.1, 0.15) is 47.1 Å². The van der Waals surface area contributed by atoms with Crippen LogP contribution >= 0.6 is 15.9 Å². The Morgan fingerprint density at radius 3 is 1.47 bits per heavy atom. The van der Waals surface area contributed by atoms with E-state index in [1.807, 2.05) is 0 Å². The molecule has 16 heteroatoms. The Morgan fingerprint density at radius 1 is 0.673 bits per heavy atom. The minimum Gasteiger partial charge on any atom is -0.443 e. The van der Waals surface area contributed by atoms with E-state index in [0.717, 1.165) is 4.47 Å². The van der Waals surface area contributed by atoms with Crippen molar-refractivity contribution in [3.8, 4) is 0 Å². The van der Waals surface area contributed by atoms with Gasteiger partial charge in [0, 0.05) is 41.7 Å². The molecule has 0 aliphatic rings. The first-order valence-corrected chi connectivity index (χ1v) is 15.7. The number of benzene rings is 2. The number of hydrogen-bond acceptors (Lipinski definition) is 9. The van der Waals surface area contributed by atoms with Gasteiger partial charge in [0.05, 0.1) is 29.0 Å². The van der Waals surface area contributed by atoms with E-state index in [2.05, 4.69) is 37.2 Å². The molecule has 5 N–H and O–H groups in total. The van der Waals surface area contributed by atoms with Gasteiger partial charge in [0.25, 0.3) is 0 Å². The van der Waals surface area contributed by atoms with Gasteiger partial charge >= 0.3 is 35.8 Å². The number of likely N-dealkylation sites (N-methyl/N-ethyl adjacent to an activating group) is 2. The Labute approximate surface area is 290 Å². The van der Waals surface area contributed by atoms with Gasteiger partial charge in [0.2, 0.25) is 0 Å². The number of nitrogens with zero attached hydrogens (tertiary/aromatic N) is 2. The molecule has 0 atom stereocenters. The molecule has 0 aliphatic heterocycles. The Balaban J connectivity index is 0.000000266. The normalized spacial score (nSPS) is 11.2. The highest BCUT2D eigenvalue weighted by molar-refractivity contribution is 9.10. The molecule has 2 aromatic carbocycles. The molecule has 0 unspecified atom stereocenters. The Bertz CT molecular complexity index is 1930. The summed E-state index contributed by atoms with van der Waals surface area (Å²) in [5.41, 5.74) is 0.900. The molecule has 49 heavy (non-hydrogen) atoms. The van der Waals surface area contributed by atoms with Crippen LogP contribution in [-0.2, 0) is 35.3 Å². The number of aromatic nitrogens is 2. The maximum atomic E-state index is 12.4. The lowest BCUT2D eigenvalue weighted by Crippen LogP contribution is -2.32.